The minimum Gasteiger partial charge on any atom is -0.357 e. The molecule has 0 aliphatic rings. The van der Waals surface area contributed by atoms with Gasteiger partial charge in [0.25, 0.3) is 0 Å². The lowest BCUT2D eigenvalue weighted by Gasteiger charge is -2.05. The molecule has 0 aromatic carbocycles. The second-order valence-electron chi connectivity index (χ2n) is 5.43. The Hall–Kier alpha value is -6.48. The van der Waals surface area contributed by atoms with Crippen molar-refractivity contribution in [2.75, 3.05) is 13.1 Å². The van der Waals surface area contributed by atoms with Gasteiger partial charge in [-0.2, -0.15) is 0 Å². The van der Waals surface area contributed by atoms with Crippen LogP contribution in [0.1, 0.15) is 12.8 Å². The molecule has 0 aliphatic carbocycles. The molecule has 0 atom stereocenters. The van der Waals surface area contributed by atoms with Gasteiger partial charge in [0, 0.05) is 20.1 Å². The Morgan fingerprint density at radius 3 is 0.575 bits per heavy atom. The molecule has 0 heterocycles. The molecule has 40 heavy (non-hydrogen) atoms. The lowest BCUT2D eigenvalue weighted by molar-refractivity contribution is -0.971. The number of quaternary nitrogens is 2. The van der Waals surface area contributed by atoms with Crippen molar-refractivity contribution in [3.8, 4) is 0 Å². The third-order valence-corrected chi connectivity index (χ3v) is 3.07. The molecule has 0 rings (SSSR count). The van der Waals surface area contributed by atoms with E-state index in [9.17, 15) is 60.7 Å². The average Bonchev–Trinajstić information content (AvgIpc) is 2.73. The molecule has 228 valence electrons. The predicted octanol–water partition coefficient (Wildman–Crippen LogP) is -4.31. The van der Waals surface area contributed by atoms with Crippen LogP contribution in [-0.2, 0) is 0 Å². The van der Waals surface area contributed by atoms with Crippen LogP contribution in [0, 0.1) is 101 Å². The zero-order valence-electron chi connectivity index (χ0n) is 18.8. The summed E-state index contributed by atoms with van der Waals surface area (Å²) in [5.41, 5.74) is 9.65. The van der Waals surface area contributed by atoms with Gasteiger partial charge in [0.05, 0.1) is 13.1 Å². The normalized spacial score (nSPS) is 9.65. The van der Waals surface area contributed by atoms with E-state index in [0.717, 1.165) is 0 Å². The summed E-state index contributed by atoms with van der Waals surface area (Å²) in [6.45, 7) is -0.522. The van der Waals surface area contributed by atoms with Gasteiger partial charge in [-0.05, 0) is 11.1 Å². The first kappa shape index (κ1) is 40.7. The molecule has 0 aromatic heterocycles. The highest BCUT2D eigenvalue weighted by atomic mass is 16.8. The van der Waals surface area contributed by atoms with Gasteiger partial charge in [-0.1, -0.05) is 0 Å². The van der Waals surface area contributed by atoms with Crippen molar-refractivity contribution in [3.05, 3.63) is 112 Å². The molecular formula is C6H14N14O20. The third-order valence-electron chi connectivity index (χ3n) is 3.07. The van der Waals surface area contributed by atoms with Crippen molar-refractivity contribution >= 4 is 0 Å². The molecule has 0 amide bonds. The van der Waals surface area contributed by atoms with Crippen LogP contribution in [0.2, 0.25) is 0 Å². The summed E-state index contributed by atoms with van der Waals surface area (Å²) in [5.74, 6) is -6.69. The molecule has 0 bridgehead atoms. The number of hydrogen-bond acceptors (Lipinski definition) is 20. The Balaban J connectivity index is -0.000000225. The SMILES string of the molecule is O=[N+]([O-])[N-][N+](=O)[O-].O=[N+]([O-])[N-][N+](=O)[O-].[NH3+]CCC([N+](=O)[O-])([N+](=O)[O-])[N+](=O)[O-].[NH3+]CCC([N+](=O)[O-])([N+](=O)[O-])[N+](=O)[O-]. The highest BCUT2D eigenvalue weighted by Crippen LogP contribution is 2.16. The summed E-state index contributed by atoms with van der Waals surface area (Å²) in [7, 11) is 0. The van der Waals surface area contributed by atoms with Crippen molar-refractivity contribution < 1.29 is 61.1 Å². The zero-order valence-corrected chi connectivity index (χ0v) is 18.8. The summed E-state index contributed by atoms with van der Waals surface area (Å²) < 4.78 is 0. The Morgan fingerprint density at radius 2 is 0.550 bits per heavy atom. The van der Waals surface area contributed by atoms with Crippen LogP contribution in [0.15, 0.2) is 0 Å². The molecule has 0 fully saturated rings. The molecule has 34 nitrogen and oxygen atoms in total. The Bertz CT molecular complexity index is 820. The highest BCUT2D eigenvalue weighted by molar-refractivity contribution is 4.52. The van der Waals surface area contributed by atoms with Gasteiger partial charge < -0.3 is 11.5 Å². The van der Waals surface area contributed by atoms with E-state index in [4.69, 9.17) is 40.5 Å². The third kappa shape index (κ3) is 14.2. The standard InChI is InChI=1S/2C3H6N4O6.2N3O4/c2*4-2-1-3(5(8)9,6(10)11)7(12)13;2*4-2(5)1-3(6)7/h2*1-2,4H2;;/q;;2*-1/p+2. The van der Waals surface area contributed by atoms with Crippen molar-refractivity contribution in [3.63, 3.8) is 0 Å². The molecular weight excluding hydrogens is 588 g/mol. The first-order valence-corrected chi connectivity index (χ1v) is 8.50. The summed E-state index contributed by atoms with van der Waals surface area (Å²) in [6.07, 6.45) is -1.67. The van der Waals surface area contributed by atoms with Gasteiger partial charge in [-0.15, -0.1) is 0 Å². The van der Waals surface area contributed by atoms with E-state index in [1.807, 2.05) is 0 Å². The minimum atomic E-state index is -3.35. The van der Waals surface area contributed by atoms with Crippen molar-refractivity contribution in [1.29, 1.82) is 0 Å². The summed E-state index contributed by atoms with van der Waals surface area (Å²) in [4.78, 5) is 88.1. The second kappa shape index (κ2) is 18.7. The maximum atomic E-state index is 10.2. The van der Waals surface area contributed by atoms with E-state index in [-0.39, 0.29) is 13.1 Å². The van der Waals surface area contributed by atoms with Crippen LogP contribution in [0.5, 0.6) is 0 Å². The van der Waals surface area contributed by atoms with Gasteiger partial charge >= 0.3 is 11.6 Å². The minimum absolute atomic E-state index is 0.261. The smallest absolute Gasteiger partial charge is 0.357 e. The fourth-order valence-electron chi connectivity index (χ4n) is 1.54. The van der Waals surface area contributed by atoms with Gasteiger partial charge in [0.1, 0.15) is 0 Å². The monoisotopic (exact) mass is 602 g/mol. The summed E-state index contributed by atoms with van der Waals surface area (Å²) in [6, 6.07) is 0. The molecule has 0 radical (unpaired) electrons. The summed E-state index contributed by atoms with van der Waals surface area (Å²) in [5, 5.41) is 91.7. The Labute approximate surface area is 212 Å². The van der Waals surface area contributed by atoms with E-state index >= 15 is 0 Å². The van der Waals surface area contributed by atoms with Crippen LogP contribution in [0.3, 0.4) is 0 Å². The fraction of sp³-hybridized carbons (Fsp3) is 1.00. The van der Waals surface area contributed by atoms with Gasteiger partial charge in [0.15, 0.2) is 29.5 Å². The maximum Gasteiger partial charge on any atom is 0.705 e. The van der Waals surface area contributed by atoms with Crippen LogP contribution < -0.4 is 11.5 Å². The van der Waals surface area contributed by atoms with Crippen LogP contribution in [-0.4, -0.2) is 74.3 Å². The zero-order chi connectivity index (χ0) is 33.0. The predicted molar refractivity (Wildman–Crippen MR) is 107 cm³/mol. The molecule has 34 heteroatoms. The molecule has 0 unspecified atom stereocenters. The largest absolute Gasteiger partial charge is 0.705 e. The fourth-order valence-corrected chi connectivity index (χ4v) is 1.54. The van der Waals surface area contributed by atoms with Crippen LogP contribution >= 0.6 is 0 Å². The molecule has 0 saturated carbocycles. The lowest BCUT2D eigenvalue weighted by Crippen LogP contribution is -2.60. The summed E-state index contributed by atoms with van der Waals surface area (Å²) >= 11 is 0. The molecule has 0 spiro atoms. The number of nitro groups is 10. The Kier molecular flexibility index (Phi) is 19.1. The van der Waals surface area contributed by atoms with Crippen molar-refractivity contribution in [2.24, 2.45) is 0 Å². The number of rotatable bonds is 14. The maximum absolute atomic E-state index is 10.2. The topological polar surface area (TPSA) is 515 Å². The van der Waals surface area contributed by atoms with Crippen LogP contribution in [0.4, 0.5) is 0 Å². The van der Waals surface area contributed by atoms with Gasteiger partial charge in [-0.25, -0.2) is 0 Å². The number of hydrogen-bond donors (Lipinski definition) is 2. The van der Waals surface area contributed by atoms with E-state index in [2.05, 4.69) is 11.5 Å². The molecule has 0 aliphatic heterocycles. The van der Waals surface area contributed by atoms with Crippen molar-refractivity contribution in [2.45, 2.75) is 24.4 Å². The second-order valence-corrected chi connectivity index (χ2v) is 5.43. The number of nitrogens with zero attached hydrogens (tertiary/aromatic N) is 12. The first-order chi connectivity index (χ1) is 18.0. The molecule has 0 aromatic rings. The first-order valence-electron chi connectivity index (χ1n) is 8.50. The van der Waals surface area contributed by atoms with E-state index in [0.29, 0.717) is 0 Å². The molecule has 6 N–H and O–H groups in total. The molecule has 0 saturated heterocycles. The Morgan fingerprint density at radius 1 is 0.400 bits per heavy atom. The van der Waals surface area contributed by atoms with Gasteiger partial charge in [0.2, 0.25) is 12.8 Å². The lowest BCUT2D eigenvalue weighted by atomic mass is 10.2. The van der Waals surface area contributed by atoms with Crippen LogP contribution in [0.25, 0.3) is 11.1 Å². The van der Waals surface area contributed by atoms with E-state index < -0.39 is 74.1 Å². The van der Waals surface area contributed by atoms with E-state index in [1.165, 1.54) is 0 Å². The van der Waals surface area contributed by atoms with Crippen molar-refractivity contribution in [1.82, 2.24) is 0 Å². The highest BCUT2D eigenvalue weighted by Gasteiger charge is 2.70. The average molecular weight is 602 g/mol. The quantitative estimate of drug-likeness (QED) is 0.108. The van der Waals surface area contributed by atoms with E-state index in [1.54, 1.807) is 11.1 Å². The van der Waals surface area contributed by atoms with Gasteiger partial charge in [-0.3, -0.25) is 101 Å².